The SMILES string of the molecule is CC(=O)N[C@@H](CS(=O)(=O)Cc1cc(F)ccc1C)C(=O)O. The van der Waals surface area contributed by atoms with E-state index in [1.165, 1.54) is 12.1 Å². The maximum Gasteiger partial charge on any atom is 0.327 e. The van der Waals surface area contributed by atoms with Gasteiger partial charge in [0.25, 0.3) is 0 Å². The van der Waals surface area contributed by atoms with E-state index in [0.717, 1.165) is 13.0 Å². The standard InChI is InChI=1S/C13H16FNO5S/c1-8-3-4-11(14)5-10(8)6-21(19,20)7-12(13(17)18)15-9(2)16/h3-5,12H,6-7H2,1-2H3,(H,15,16)(H,17,18)/t12-/m0/s1. The molecule has 0 aliphatic heterocycles. The first kappa shape index (κ1) is 17.1. The number of amides is 1. The number of aliphatic carboxylic acids is 1. The largest absolute Gasteiger partial charge is 0.480 e. The molecule has 0 aromatic heterocycles. The molecule has 116 valence electrons. The first-order chi connectivity index (χ1) is 9.60. The molecule has 1 aromatic rings. The number of nitrogens with one attached hydrogen (secondary N) is 1. The van der Waals surface area contributed by atoms with Crippen LogP contribution >= 0.6 is 0 Å². The lowest BCUT2D eigenvalue weighted by molar-refractivity contribution is -0.140. The van der Waals surface area contributed by atoms with Gasteiger partial charge in [0, 0.05) is 6.92 Å². The minimum Gasteiger partial charge on any atom is -0.480 e. The lowest BCUT2D eigenvalue weighted by Gasteiger charge is -2.14. The number of hydrogen-bond donors (Lipinski definition) is 2. The summed E-state index contributed by atoms with van der Waals surface area (Å²) in [6.45, 7) is 2.73. The second-order valence-corrected chi connectivity index (χ2v) is 6.83. The number of carboxylic acid groups (broad SMARTS) is 1. The number of carbonyl (C=O) groups excluding carboxylic acids is 1. The summed E-state index contributed by atoms with van der Waals surface area (Å²) < 4.78 is 37.2. The third-order valence-corrected chi connectivity index (χ3v) is 4.37. The minimum absolute atomic E-state index is 0.266. The molecule has 2 N–H and O–H groups in total. The van der Waals surface area contributed by atoms with Crippen molar-refractivity contribution in [3.8, 4) is 0 Å². The van der Waals surface area contributed by atoms with Crippen molar-refractivity contribution in [3.63, 3.8) is 0 Å². The second-order valence-electron chi connectivity index (χ2n) is 4.72. The van der Waals surface area contributed by atoms with Crippen molar-refractivity contribution < 1.29 is 27.5 Å². The molecule has 1 amide bonds. The second kappa shape index (κ2) is 6.66. The first-order valence-electron chi connectivity index (χ1n) is 6.06. The van der Waals surface area contributed by atoms with Gasteiger partial charge >= 0.3 is 5.97 Å². The van der Waals surface area contributed by atoms with E-state index in [0.29, 0.717) is 5.56 Å². The molecule has 0 fully saturated rings. The van der Waals surface area contributed by atoms with Gasteiger partial charge in [0.05, 0.1) is 11.5 Å². The van der Waals surface area contributed by atoms with Crippen molar-refractivity contribution in [3.05, 3.63) is 35.1 Å². The molecule has 21 heavy (non-hydrogen) atoms. The zero-order valence-electron chi connectivity index (χ0n) is 11.6. The van der Waals surface area contributed by atoms with E-state index in [1.54, 1.807) is 6.92 Å². The molecule has 1 rings (SSSR count). The van der Waals surface area contributed by atoms with Crippen LogP contribution in [-0.4, -0.2) is 37.2 Å². The summed E-state index contributed by atoms with van der Waals surface area (Å²) >= 11 is 0. The van der Waals surface area contributed by atoms with Crippen LogP contribution in [0.5, 0.6) is 0 Å². The summed E-state index contributed by atoms with van der Waals surface area (Å²) in [5.41, 5.74) is 0.855. The van der Waals surface area contributed by atoms with Crippen LogP contribution in [0.1, 0.15) is 18.1 Å². The van der Waals surface area contributed by atoms with E-state index >= 15 is 0 Å². The molecular weight excluding hydrogens is 301 g/mol. The average molecular weight is 317 g/mol. The van der Waals surface area contributed by atoms with Gasteiger partial charge in [-0.3, -0.25) is 4.79 Å². The van der Waals surface area contributed by atoms with Crippen LogP contribution in [0.4, 0.5) is 4.39 Å². The summed E-state index contributed by atoms with van der Waals surface area (Å²) in [6, 6.07) is 2.23. The molecule has 0 saturated carbocycles. The van der Waals surface area contributed by atoms with Gasteiger partial charge in [-0.05, 0) is 30.2 Å². The highest BCUT2D eigenvalue weighted by molar-refractivity contribution is 7.90. The Kier molecular flexibility index (Phi) is 5.42. The van der Waals surface area contributed by atoms with Crippen molar-refractivity contribution in [1.82, 2.24) is 5.32 Å². The third kappa shape index (κ3) is 5.50. The van der Waals surface area contributed by atoms with Gasteiger partial charge in [-0.2, -0.15) is 0 Å². The Morgan fingerprint density at radius 2 is 2.00 bits per heavy atom. The Morgan fingerprint density at radius 3 is 2.52 bits per heavy atom. The fraction of sp³-hybridized carbons (Fsp3) is 0.385. The minimum atomic E-state index is -3.83. The molecule has 6 nitrogen and oxygen atoms in total. The van der Waals surface area contributed by atoms with Crippen LogP contribution in [0.2, 0.25) is 0 Å². The van der Waals surface area contributed by atoms with Crippen LogP contribution in [0, 0.1) is 12.7 Å². The topological polar surface area (TPSA) is 101 Å². The highest BCUT2D eigenvalue weighted by Crippen LogP contribution is 2.14. The van der Waals surface area contributed by atoms with Gasteiger partial charge in [0.2, 0.25) is 5.91 Å². The summed E-state index contributed by atoms with van der Waals surface area (Å²) in [7, 11) is -3.83. The third-order valence-electron chi connectivity index (χ3n) is 2.78. The number of halogens is 1. The quantitative estimate of drug-likeness (QED) is 0.802. The first-order valence-corrected chi connectivity index (χ1v) is 7.88. The van der Waals surface area contributed by atoms with Crippen LogP contribution in [-0.2, 0) is 25.2 Å². The van der Waals surface area contributed by atoms with E-state index in [2.05, 4.69) is 5.32 Å². The molecule has 1 atom stereocenters. The molecule has 0 spiro atoms. The lowest BCUT2D eigenvalue weighted by Crippen LogP contribution is -2.44. The molecule has 0 saturated heterocycles. The Balaban J connectivity index is 2.92. The van der Waals surface area contributed by atoms with E-state index in [-0.39, 0.29) is 5.56 Å². The number of hydrogen-bond acceptors (Lipinski definition) is 4. The molecule has 0 bridgehead atoms. The van der Waals surface area contributed by atoms with E-state index < -0.39 is 45.1 Å². The normalized spacial score (nSPS) is 12.7. The fourth-order valence-electron chi connectivity index (χ4n) is 1.77. The number of aryl methyl sites for hydroxylation is 1. The van der Waals surface area contributed by atoms with Crippen LogP contribution in [0.15, 0.2) is 18.2 Å². The van der Waals surface area contributed by atoms with E-state index in [1.807, 2.05) is 0 Å². The maximum absolute atomic E-state index is 13.1. The molecule has 0 unspecified atom stereocenters. The summed E-state index contributed by atoms with van der Waals surface area (Å²) in [4.78, 5) is 21.8. The van der Waals surface area contributed by atoms with Crippen LogP contribution in [0.25, 0.3) is 0 Å². The predicted octanol–water partition coefficient (Wildman–Crippen LogP) is 0.638. The highest BCUT2D eigenvalue weighted by Gasteiger charge is 2.26. The average Bonchev–Trinajstić information content (AvgIpc) is 2.31. The van der Waals surface area contributed by atoms with Gasteiger partial charge in [-0.15, -0.1) is 0 Å². The zero-order valence-corrected chi connectivity index (χ0v) is 12.4. The van der Waals surface area contributed by atoms with Crippen molar-refractivity contribution >= 4 is 21.7 Å². The van der Waals surface area contributed by atoms with Crippen molar-refractivity contribution in [2.45, 2.75) is 25.6 Å². The summed E-state index contributed by atoms with van der Waals surface area (Å²) in [5, 5.41) is 11.0. The van der Waals surface area contributed by atoms with E-state index in [9.17, 15) is 22.4 Å². The van der Waals surface area contributed by atoms with Crippen LogP contribution < -0.4 is 5.32 Å². The molecule has 0 radical (unpaired) electrons. The van der Waals surface area contributed by atoms with E-state index in [4.69, 9.17) is 5.11 Å². The predicted molar refractivity (Wildman–Crippen MR) is 73.9 cm³/mol. The molecular formula is C13H16FNO5S. The van der Waals surface area contributed by atoms with Gasteiger partial charge in [-0.1, -0.05) is 6.07 Å². The molecule has 1 aromatic carbocycles. The Bertz CT molecular complexity index is 657. The molecule has 0 aliphatic rings. The van der Waals surface area contributed by atoms with Gasteiger partial charge in [0.15, 0.2) is 9.84 Å². The molecule has 0 aliphatic carbocycles. The Hall–Kier alpha value is -1.96. The molecule has 0 heterocycles. The van der Waals surface area contributed by atoms with Gasteiger partial charge in [-0.25, -0.2) is 17.6 Å². The number of carbonyl (C=O) groups is 2. The summed E-state index contributed by atoms with van der Waals surface area (Å²) in [5.74, 6) is -3.88. The smallest absolute Gasteiger partial charge is 0.327 e. The number of sulfone groups is 1. The maximum atomic E-state index is 13.1. The highest BCUT2D eigenvalue weighted by atomic mass is 32.2. The lowest BCUT2D eigenvalue weighted by atomic mass is 10.1. The summed E-state index contributed by atoms with van der Waals surface area (Å²) in [6.07, 6.45) is 0. The number of carboxylic acids is 1. The monoisotopic (exact) mass is 317 g/mol. The molecule has 8 heteroatoms. The van der Waals surface area contributed by atoms with Gasteiger partial charge in [0.1, 0.15) is 11.9 Å². The number of rotatable bonds is 6. The van der Waals surface area contributed by atoms with Gasteiger partial charge < -0.3 is 10.4 Å². The van der Waals surface area contributed by atoms with Crippen LogP contribution in [0.3, 0.4) is 0 Å². The van der Waals surface area contributed by atoms with Crippen molar-refractivity contribution in [2.75, 3.05) is 5.75 Å². The number of benzene rings is 1. The fourth-order valence-corrected chi connectivity index (χ4v) is 3.40. The Morgan fingerprint density at radius 1 is 1.38 bits per heavy atom. The Labute approximate surface area is 121 Å². The van der Waals surface area contributed by atoms with Crippen molar-refractivity contribution in [2.24, 2.45) is 0 Å². The zero-order chi connectivity index (χ0) is 16.2. The van der Waals surface area contributed by atoms with Crippen molar-refractivity contribution in [1.29, 1.82) is 0 Å².